The average Bonchev–Trinajstić information content (AvgIpc) is 2.87. The van der Waals surface area contributed by atoms with E-state index < -0.39 is 0 Å². The molecule has 1 heterocycles. The first kappa shape index (κ1) is 16.1. The van der Waals surface area contributed by atoms with Crippen LogP contribution in [0.25, 0.3) is 10.9 Å². The number of nitrogens with zero attached hydrogens (tertiary/aromatic N) is 1. The molecule has 0 aliphatic heterocycles. The number of benzene rings is 1. The van der Waals surface area contributed by atoms with Crippen LogP contribution in [0.1, 0.15) is 66.6 Å². The van der Waals surface area contributed by atoms with Crippen molar-refractivity contribution in [2.45, 2.75) is 51.5 Å². The van der Waals surface area contributed by atoms with Crippen LogP contribution in [0.5, 0.6) is 0 Å². The minimum Gasteiger partial charge on any atom is -0.462 e. The number of nitrogens with two attached hydrogens (primary N) is 1. The molecule has 1 aliphatic carbocycles. The largest absolute Gasteiger partial charge is 0.462 e. The molecule has 1 saturated carbocycles. The zero-order valence-corrected chi connectivity index (χ0v) is 14.1. The molecule has 0 spiro atoms. The maximum absolute atomic E-state index is 12.3. The lowest BCUT2D eigenvalue weighted by molar-refractivity contribution is 0.0527. The van der Waals surface area contributed by atoms with Crippen LogP contribution in [0.4, 0.5) is 0 Å². The van der Waals surface area contributed by atoms with E-state index in [-0.39, 0.29) is 5.97 Å². The SMILES string of the molecule is CCOC(=O)c1c(CN)n(C)c2cc(C3CCCCC3)ccc12. The Bertz CT molecular complexity index is 712. The number of ether oxygens (including phenoxy) is 1. The van der Waals surface area contributed by atoms with Gasteiger partial charge in [0, 0.05) is 30.2 Å². The van der Waals surface area contributed by atoms with Gasteiger partial charge >= 0.3 is 5.97 Å². The van der Waals surface area contributed by atoms with Gasteiger partial charge in [0.05, 0.1) is 12.2 Å². The molecule has 124 valence electrons. The van der Waals surface area contributed by atoms with E-state index in [9.17, 15) is 4.79 Å². The summed E-state index contributed by atoms with van der Waals surface area (Å²) in [5.41, 5.74) is 9.84. The molecular formula is C19H26N2O2. The zero-order chi connectivity index (χ0) is 16.4. The second-order valence-electron chi connectivity index (χ2n) is 6.42. The molecule has 1 aromatic heterocycles. The summed E-state index contributed by atoms with van der Waals surface area (Å²) in [7, 11) is 1.98. The quantitative estimate of drug-likeness (QED) is 0.872. The van der Waals surface area contributed by atoms with Crippen molar-refractivity contribution >= 4 is 16.9 Å². The number of esters is 1. The Kier molecular flexibility index (Phi) is 4.71. The van der Waals surface area contributed by atoms with Crippen LogP contribution >= 0.6 is 0 Å². The van der Waals surface area contributed by atoms with Crippen molar-refractivity contribution in [3.63, 3.8) is 0 Å². The van der Waals surface area contributed by atoms with Gasteiger partial charge in [0.1, 0.15) is 0 Å². The second kappa shape index (κ2) is 6.75. The summed E-state index contributed by atoms with van der Waals surface area (Å²) >= 11 is 0. The van der Waals surface area contributed by atoms with Crippen LogP contribution in [0.2, 0.25) is 0 Å². The fourth-order valence-corrected chi connectivity index (χ4v) is 3.87. The van der Waals surface area contributed by atoms with Crippen LogP contribution < -0.4 is 5.73 Å². The van der Waals surface area contributed by atoms with Gasteiger partial charge in [-0.1, -0.05) is 31.4 Å². The lowest BCUT2D eigenvalue weighted by atomic mass is 9.84. The normalized spacial score (nSPS) is 16.0. The summed E-state index contributed by atoms with van der Waals surface area (Å²) in [5.74, 6) is 0.374. The van der Waals surface area contributed by atoms with E-state index in [1.165, 1.54) is 37.7 Å². The Labute approximate surface area is 137 Å². The Balaban J connectivity index is 2.09. The number of hydrogen-bond acceptors (Lipinski definition) is 3. The molecule has 4 heteroatoms. The van der Waals surface area contributed by atoms with Crippen molar-refractivity contribution in [2.75, 3.05) is 6.61 Å². The molecule has 2 aromatic rings. The van der Waals surface area contributed by atoms with Gasteiger partial charge in [0.2, 0.25) is 0 Å². The van der Waals surface area contributed by atoms with Gasteiger partial charge in [-0.2, -0.15) is 0 Å². The topological polar surface area (TPSA) is 57.2 Å². The molecule has 23 heavy (non-hydrogen) atoms. The first-order valence-corrected chi connectivity index (χ1v) is 8.65. The summed E-state index contributed by atoms with van der Waals surface area (Å²) in [6.45, 7) is 2.53. The number of fused-ring (bicyclic) bond motifs is 1. The van der Waals surface area contributed by atoms with E-state index in [4.69, 9.17) is 10.5 Å². The first-order chi connectivity index (χ1) is 11.2. The van der Waals surface area contributed by atoms with E-state index >= 15 is 0 Å². The lowest BCUT2D eigenvalue weighted by Gasteiger charge is -2.22. The van der Waals surface area contributed by atoms with E-state index in [0.29, 0.717) is 24.6 Å². The molecule has 2 N–H and O–H groups in total. The van der Waals surface area contributed by atoms with E-state index in [1.54, 1.807) is 0 Å². The van der Waals surface area contributed by atoms with Gasteiger partial charge in [-0.3, -0.25) is 0 Å². The van der Waals surface area contributed by atoms with Crippen LogP contribution in [0.3, 0.4) is 0 Å². The van der Waals surface area contributed by atoms with Gasteiger partial charge in [0.25, 0.3) is 0 Å². The maximum atomic E-state index is 12.3. The van der Waals surface area contributed by atoms with Crippen LogP contribution in [-0.4, -0.2) is 17.1 Å². The van der Waals surface area contributed by atoms with Crippen molar-refractivity contribution in [1.82, 2.24) is 4.57 Å². The minimum absolute atomic E-state index is 0.274. The van der Waals surface area contributed by atoms with Gasteiger partial charge in [0.15, 0.2) is 0 Å². The third-order valence-corrected chi connectivity index (χ3v) is 5.10. The summed E-state index contributed by atoms with van der Waals surface area (Å²) in [5, 5.41) is 0.950. The Morgan fingerprint density at radius 3 is 2.70 bits per heavy atom. The molecule has 0 amide bonds. The monoisotopic (exact) mass is 314 g/mol. The fraction of sp³-hybridized carbons (Fsp3) is 0.526. The molecular weight excluding hydrogens is 288 g/mol. The number of hydrogen-bond donors (Lipinski definition) is 1. The highest BCUT2D eigenvalue weighted by Crippen LogP contribution is 2.35. The molecule has 1 fully saturated rings. The minimum atomic E-state index is -0.274. The molecule has 4 nitrogen and oxygen atoms in total. The first-order valence-electron chi connectivity index (χ1n) is 8.65. The summed E-state index contributed by atoms with van der Waals surface area (Å²) in [6, 6.07) is 6.50. The smallest absolute Gasteiger partial charge is 0.340 e. The molecule has 0 atom stereocenters. The number of aryl methyl sites for hydroxylation is 1. The van der Waals surface area contributed by atoms with Gasteiger partial charge in [-0.05, 0) is 37.3 Å². The number of rotatable bonds is 4. The van der Waals surface area contributed by atoms with E-state index in [1.807, 2.05) is 18.5 Å². The Hall–Kier alpha value is -1.81. The second-order valence-corrected chi connectivity index (χ2v) is 6.42. The summed E-state index contributed by atoms with van der Waals surface area (Å²) < 4.78 is 7.28. The average molecular weight is 314 g/mol. The summed E-state index contributed by atoms with van der Waals surface area (Å²) in [6.07, 6.45) is 6.53. The summed E-state index contributed by atoms with van der Waals surface area (Å²) in [4.78, 5) is 12.3. The van der Waals surface area contributed by atoms with Gasteiger partial charge in [-0.25, -0.2) is 4.79 Å². The maximum Gasteiger partial charge on any atom is 0.340 e. The number of carbonyl (C=O) groups is 1. The van der Waals surface area contributed by atoms with E-state index in [2.05, 4.69) is 18.2 Å². The van der Waals surface area contributed by atoms with Crippen molar-refractivity contribution in [3.05, 3.63) is 35.0 Å². The van der Waals surface area contributed by atoms with E-state index in [0.717, 1.165) is 16.6 Å². The highest BCUT2D eigenvalue weighted by Gasteiger charge is 2.23. The molecule has 0 bridgehead atoms. The Morgan fingerprint density at radius 1 is 1.30 bits per heavy atom. The third kappa shape index (κ3) is 2.88. The Morgan fingerprint density at radius 2 is 2.04 bits per heavy atom. The molecule has 1 aromatic carbocycles. The molecule has 0 unspecified atom stereocenters. The molecule has 0 saturated heterocycles. The predicted molar refractivity (Wildman–Crippen MR) is 92.6 cm³/mol. The highest BCUT2D eigenvalue weighted by molar-refractivity contribution is 6.06. The fourth-order valence-electron chi connectivity index (χ4n) is 3.87. The molecule has 0 radical (unpaired) electrons. The van der Waals surface area contributed by atoms with Crippen molar-refractivity contribution in [1.29, 1.82) is 0 Å². The standard InChI is InChI=1S/C19H26N2O2/c1-3-23-19(22)18-15-10-9-14(13-7-5-4-6-8-13)11-16(15)21(2)17(18)12-20/h9-11,13H,3-8,12,20H2,1-2H3. The molecule has 1 aliphatic rings. The van der Waals surface area contributed by atoms with Gasteiger partial charge in [-0.15, -0.1) is 0 Å². The highest BCUT2D eigenvalue weighted by atomic mass is 16.5. The zero-order valence-electron chi connectivity index (χ0n) is 14.1. The number of carbonyl (C=O) groups excluding carboxylic acids is 1. The van der Waals surface area contributed by atoms with Gasteiger partial charge < -0.3 is 15.0 Å². The number of aromatic nitrogens is 1. The predicted octanol–water partition coefficient (Wildman–Crippen LogP) is 3.86. The van der Waals surface area contributed by atoms with Crippen LogP contribution in [0.15, 0.2) is 18.2 Å². The third-order valence-electron chi connectivity index (χ3n) is 5.10. The van der Waals surface area contributed by atoms with Crippen molar-refractivity contribution in [2.24, 2.45) is 12.8 Å². The van der Waals surface area contributed by atoms with Crippen LogP contribution in [-0.2, 0) is 18.3 Å². The lowest BCUT2D eigenvalue weighted by Crippen LogP contribution is -2.12. The van der Waals surface area contributed by atoms with Crippen LogP contribution in [0, 0.1) is 0 Å². The van der Waals surface area contributed by atoms with Crippen molar-refractivity contribution in [3.8, 4) is 0 Å². The van der Waals surface area contributed by atoms with Crippen molar-refractivity contribution < 1.29 is 9.53 Å². The molecule has 3 rings (SSSR count).